The molecule has 1 heterocycles. The summed E-state index contributed by atoms with van der Waals surface area (Å²) < 4.78 is 14.7. The van der Waals surface area contributed by atoms with Gasteiger partial charge in [-0.05, 0) is 38.5 Å². The monoisotopic (exact) mass is 319 g/mol. The third-order valence-electron chi connectivity index (χ3n) is 4.07. The van der Waals surface area contributed by atoms with Gasteiger partial charge >= 0.3 is 0 Å². The predicted octanol–water partition coefficient (Wildman–Crippen LogP) is 1.96. The highest BCUT2D eigenvalue weighted by Crippen LogP contribution is 2.18. The van der Waals surface area contributed by atoms with Crippen LogP contribution in [0, 0.1) is 19.7 Å². The Morgan fingerprint density at radius 1 is 1.35 bits per heavy atom. The molecule has 0 radical (unpaired) electrons. The van der Waals surface area contributed by atoms with E-state index in [2.05, 4.69) is 10.4 Å². The van der Waals surface area contributed by atoms with Crippen LogP contribution in [0.2, 0.25) is 0 Å². The van der Waals surface area contributed by atoms with Crippen molar-refractivity contribution in [1.82, 2.24) is 15.1 Å². The van der Waals surface area contributed by atoms with Crippen LogP contribution in [0.5, 0.6) is 0 Å². The molecule has 1 aromatic heterocycles. The number of amides is 1. The van der Waals surface area contributed by atoms with E-state index in [1.165, 1.54) is 24.3 Å². The van der Waals surface area contributed by atoms with Crippen LogP contribution in [-0.4, -0.2) is 26.8 Å². The SMILES string of the molecule is Cc1nn(C)c(C)c1CC(=O)NC(C)C(O)c1ccc(F)cc1. The van der Waals surface area contributed by atoms with Gasteiger partial charge in [-0.25, -0.2) is 4.39 Å². The summed E-state index contributed by atoms with van der Waals surface area (Å²) in [5, 5.41) is 17.3. The number of aromatic nitrogens is 2. The fourth-order valence-corrected chi connectivity index (χ4v) is 2.57. The lowest BCUT2D eigenvalue weighted by Gasteiger charge is -2.20. The highest BCUT2D eigenvalue weighted by molar-refractivity contribution is 5.79. The molecular weight excluding hydrogens is 297 g/mol. The number of nitrogens with one attached hydrogen (secondary N) is 1. The van der Waals surface area contributed by atoms with Crippen molar-refractivity contribution in [2.24, 2.45) is 7.05 Å². The lowest BCUT2D eigenvalue weighted by atomic mass is 10.0. The molecule has 0 aliphatic rings. The van der Waals surface area contributed by atoms with Crippen LogP contribution >= 0.6 is 0 Å². The number of hydrogen-bond donors (Lipinski definition) is 2. The minimum absolute atomic E-state index is 0.183. The van der Waals surface area contributed by atoms with Crippen LogP contribution in [0.1, 0.15) is 35.5 Å². The maximum atomic E-state index is 12.9. The predicted molar refractivity (Wildman–Crippen MR) is 85.4 cm³/mol. The third kappa shape index (κ3) is 3.96. The molecule has 23 heavy (non-hydrogen) atoms. The second-order valence-corrected chi connectivity index (χ2v) is 5.80. The summed E-state index contributed by atoms with van der Waals surface area (Å²) in [6, 6.07) is 5.12. The summed E-state index contributed by atoms with van der Waals surface area (Å²) >= 11 is 0. The Morgan fingerprint density at radius 3 is 2.48 bits per heavy atom. The van der Waals surface area contributed by atoms with Crippen LogP contribution in [0.25, 0.3) is 0 Å². The number of rotatable bonds is 5. The zero-order valence-corrected chi connectivity index (χ0v) is 13.8. The Labute approximate surface area is 135 Å². The molecule has 2 rings (SSSR count). The summed E-state index contributed by atoms with van der Waals surface area (Å²) in [5.41, 5.74) is 3.23. The molecule has 6 heteroatoms. The average Bonchev–Trinajstić information content (AvgIpc) is 2.73. The molecule has 2 aromatic rings. The molecule has 5 nitrogen and oxygen atoms in total. The molecule has 0 aliphatic heterocycles. The molecule has 2 unspecified atom stereocenters. The molecule has 0 aliphatic carbocycles. The van der Waals surface area contributed by atoms with Crippen molar-refractivity contribution < 1.29 is 14.3 Å². The number of benzene rings is 1. The molecule has 1 amide bonds. The summed E-state index contributed by atoms with van der Waals surface area (Å²) in [5.74, 6) is -0.543. The number of halogens is 1. The van der Waals surface area contributed by atoms with Crippen molar-refractivity contribution in [1.29, 1.82) is 0 Å². The fraction of sp³-hybridized carbons (Fsp3) is 0.412. The number of hydrogen-bond acceptors (Lipinski definition) is 3. The first-order valence-corrected chi connectivity index (χ1v) is 7.51. The van der Waals surface area contributed by atoms with Gasteiger partial charge in [0.25, 0.3) is 0 Å². The van der Waals surface area contributed by atoms with Gasteiger partial charge in [0.15, 0.2) is 0 Å². The highest BCUT2D eigenvalue weighted by Gasteiger charge is 2.20. The quantitative estimate of drug-likeness (QED) is 0.885. The topological polar surface area (TPSA) is 67.2 Å². The normalized spacial score (nSPS) is 13.7. The first-order chi connectivity index (χ1) is 10.8. The third-order valence-corrected chi connectivity index (χ3v) is 4.07. The lowest BCUT2D eigenvalue weighted by molar-refractivity contribution is -0.121. The molecule has 0 spiro atoms. The summed E-state index contributed by atoms with van der Waals surface area (Å²) in [4.78, 5) is 12.2. The van der Waals surface area contributed by atoms with Crippen LogP contribution in [0.3, 0.4) is 0 Å². The van der Waals surface area contributed by atoms with Crippen molar-refractivity contribution >= 4 is 5.91 Å². The second kappa shape index (κ2) is 6.91. The first-order valence-electron chi connectivity index (χ1n) is 7.51. The van der Waals surface area contributed by atoms with E-state index < -0.39 is 12.1 Å². The maximum absolute atomic E-state index is 12.9. The van der Waals surface area contributed by atoms with Gasteiger partial charge < -0.3 is 10.4 Å². The van der Waals surface area contributed by atoms with Crippen LogP contribution in [0.15, 0.2) is 24.3 Å². The van der Waals surface area contributed by atoms with Crippen LogP contribution in [-0.2, 0) is 18.3 Å². The van der Waals surface area contributed by atoms with E-state index in [9.17, 15) is 14.3 Å². The van der Waals surface area contributed by atoms with Crippen molar-refractivity contribution in [2.75, 3.05) is 0 Å². The Hall–Kier alpha value is -2.21. The number of aryl methyl sites for hydroxylation is 2. The summed E-state index contributed by atoms with van der Waals surface area (Å²) in [7, 11) is 1.84. The fourth-order valence-electron chi connectivity index (χ4n) is 2.57. The first kappa shape index (κ1) is 17.1. The van der Waals surface area contributed by atoms with Gasteiger partial charge in [0.2, 0.25) is 5.91 Å². The molecule has 0 fully saturated rings. The van der Waals surface area contributed by atoms with Gasteiger partial charge in [0.1, 0.15) is 5.82 Å². The van der Waals surface area contributed by atoms with E-state index >= 15 is 0 Å². The van der Waals surface area contributed by atoms with Crippen molar-refractivity contribution in [3.8, 4) is 0 Å². The van der Waals surface area contributed by atoms with Crippen molar-refractivity contribution in [3.63, 3.8) is 0 Å². The Bertz CT molecular complexity index is 695. The second-order valence-electron chi connectivity index (χ2n) is 5.80. The van der Waals surface area contributed by atoms with E-state index in [1.807, 2.05) is 20.9 Å². The molecule has 0 saturated heterocycles. The molecular formula is C17H22FN3O2. The summed E-state index contributed by atoms with van der Waals surface area (Å²) in [6.45, 7) is 5.50. The molecule has 0 saturated carbocycles. The van der Waals surface area contributed by atoms with Crippen LogP contribution in [0.4, 0.5) is 4.39 Å². The van der Waals surface area contributed by atoms with Gasteiger partial charge in [-0.3, -0.25) is 9.48 Å². The van der Waals surface area contributed by atoms with E-state index in [4.69, 9.17) is 0 Å². The molecule has 1 aromatic carbocycles. The zero-order chi connectivity index (χ0) is 17.1. The average molecular weight is 319 g/mol. The molecule has 2 atom stereocenters. The Balaban J connectivity index is 2.00. The molecule has 2 N–H and O–H groups in total. The van der Waals surface area contributed by atoms with E-state index in [0.29, 0.717) is 5.56 Å². The summed E-state index contributed by atoms with van der Waals surface area (Å²) in [6.07, 6.45) is -0.679. The van der Waals surface area contributed by atoms with Gasteiger partial charge in [0, 0.05) is 18.3 Å². The van der Waals surface area contributed by atoms with Crippen molar-refractivity contribution in [2.45, 2.75) is 39.3 Å². The lowest BCUT2D eigenvalue weighted by Crippen LogP contribution is -2.38. The molecule has 0 bridgehead atoms. The number of aliphatic hydroxyl groups excluding tert-OH is 1. The van der Waals surface area contributed by atoms with Gasteiger partial charge in [-0.2, -0.15) is 5.10 Å². The van der Waals surface area contributed by atoms with Gasteiger partial charge in [-0.1, -0.05) is 12.1 Å². The minimum Gasteiger partial charge on any atom is -0.386 e. The van der Waals surface area contributed by atoms with E-state index in [0.717, 1.165) is 17.0 Å². The van der Waals surface area contributed by atoms with E-state index in [1.54, 1.807) is 11.6 Å². The van der Waals surface area contributed by atoms with E-state index in [-0.39, 0.29) is 18.1 Å². The van der Waals surface area contributed by atoms with Crippen molar-refractivity contribution in [3.05, 3.63) is 52.6 Å². The highest BCUT2D eigenvalue weighted by atomic mass is 19.1. The largest absolute Gasteiger partial charge is 0.386 e. The Kier molecular flexibility index (Phi) is 5.15. The minimum atomic E-state index is -0.893. The zero-order valence-electron chi connectivity index (χ0n) is 13.8. The number of aliphatic hydroxyl groups is 1. The number of carbonyl (C=O) groups excluding carboxylic acids is 1. The maximum Gasteiger partial charge on any atom is 0.224 e. The van der Waals surface area contributed by atoms with Gasteiger partial charge in [-0.15, -0.1) is 0 Å². The van der Waals surface area contributed by atoms with Gasteiger partial charge in [0.05, 0.1) is 24.3 Å². The Morgan fingerprint density at radius 2 is 1.96 bits per heavy atom. The number of nitrogens with zero attached hydrogens (tertiary/aromatic N) is 2. The smallest absolute Gasteiger partial charge is 0.224 e. The molecule has 124 valence electrons. The standard InChI is InChI=1S/C17H22FN3O2/c1-10-15(12(3)21(4)20-10)9-16(22)19-11(2)17(23)13-5-7-14(18)8-6-13/h5-8,11,17,23H,9H2,1-4H3,(H,19,22). The number of carbonyl (C=O) groups is 1. The van der Waals surface area contributed by atoms with Crippen LogP contribution < -0.4 is 5.32 Å².